The van der Waals surface area contributed by atoms with E-state index < -0.39 is 0 Å². The average molecular weight is 372 g/mol. The van der Waals surface area contributed by atoms with Crippen LogP contribution < -0.4 is 10.1 Å². The fourth-order valence-corrected chi connectivity index (χ4v) is 3.03. The number of fused-ring (bicyclic) bond motifs is 1. The van der Waals surface area contributed by atoms with E-state index in [0.29, 0.717) is 5.75 Å². The third kappa shape index (κ3) is 4.01. The molecule has 6 heteroatoms. The van der Waals surface area contributed by atoms with Crippen molar-refractivity contribution in [3.8, 4) is 11.4 Å². The van der Waals surface area contributed by atoms with Crippen LogP contribution in [-0.2, 0) is 4.79 Å². The second kappa shape index (κ2) is 7.92. The van der Waals surface area contributed by atoms with Crippen molar-refractivity contribution in [1.82, 2.24) is 20.1 Å². The maximum atomic E-state index is 12.3. The molecule has 1 amide bonds. The van der Waals surface area contributed by atoms with Crippen molar-refractivity contribution in [2.24, 2.45) is 0 Å². The molecular formula is C22H20N4O2. The molecular weight excluding hydrogens is 352 g/mol. The molecule has 0 aliphatic carbocycles. The summed E-state index contributed by atoms with van der Waals surface area (Å²) >= 11 is 0. The summed E-state index contributed by atoms with van der Waals surface area (Å²) in [7, 11) is 0. The van der Waals surface area contributed by atoms with Crippen molar-refractivity contribution >= 4 is 16.7 Å². The second-order valence-corrected chi connectivity index (χ2v) is 6.52. The molecule has 4 rings (SSSR count). The lowest BCUT2D eigenvalue weighted by atomic mass is 10.1. The molecule has 0 unspecified atom stereocenters. The normalized spacial score (nSPS) is 11.9. The quantitative estimate of drug-likeness (QED) is 0.561. The van der Waals surface area contributed by atoms with Crippen LogP contribution in [0.15, 0.2) is 79.4 Å². The standard InChI is InChI=1S/C22H20N4O2/c1-16(17-6-9-20(10-7-17)26-15-23-14-24-26)25-22(27)13-28-21-11-8-18-4-2-3-5-19(18)12-21/h2-12,14-16H,13H2,1H3,(H,25,27)/t16-/m1/s1. The maximum Gasteiger partial charge on any atom is 0.258 e. The molecule has 28 heavy (non-hydrogen) atoms. The Bertz CT molecular complexity index is 1080. The summed E-state index contributed by atoms with van der Waals surface area (Å²) in [6.07, 6.45) is 3.14. The number of nitrogens with zero attached hydrogens (tertiary/aromatic N) is 3. The van der Waals surface area contributed by atoms with Gasteiger partial charge in [-0.05, 0) is 47.5 Å². The second-order valence-electron chi connectivity index (χ2n) is 6.52. The zero-order valence-electron chi connectivity index (χ0n) is 15.4. The van der Waals surface area contributed by atoms with Crippen molar-refractivity contribution in [3.05, 3.63) is 84.9 Å². The first-order valence-corrected chi connectivity index (χ1v) is 9.05. The number of carbonyl (C=O) groups is 1. The molecule has 140 valence electrons. The fraction of sp³-hybridized carbons (Fsp3) is 0.136. The number of hydrogen-bond acceptors (Lipinski definition) is 4. The van der Waals surface area contributed by atoms with Gasteiger partial charge >= 0.3 is 0 Å². The summed E-state index contributed by atoms with van der Waals surface area (Å²) in [4.78, 5) is 16.2. The number of nitrogens with one attached hydrogen (secondary N) is 1. The Morgan fingerprint density at radius 2 is 1.86 bits per heavy atom. The van der Waals surface area contributed by atoms with Crippen molar-refractivity contribution in [2.45, 2.75) is 13.0 Å². The number of hydrogen-bond donors (Lipinski definition) is 1. The molecule has 0 aliphatic heterocycles. The number of carbonyl (C=O) groups excluding carboxylic acids is 1. The Labute approximate surface area is 162 Å². The Hall–Kier alpha value is -3.67. The molecule has 1 atom stereocenters. The minimum Gasteiger partial charge on any atom is -0.484 e. The van der Waals surface area contributed by atoms with E-state index in [1.165, 1.54) is 6.33 Å². The molecule has 0 radical (unpaired) electrons. The minimum atomic E-state index is -0.166. The summed E-state index contributed by atoms with van der Waals surface area (Å²) in [5, 5.41) is 9.29. The zero-order valence-corrected chi connectivity index (χ0v) is 15.4. The summed E-state index contributed by atoms with van der Waals surface area (Å²) < 4.78 is 7.34. The van der Waals surface area contributed by atoms with E-state index in [0.717, 1.165) is 22.0 Å². The summed E-state index contributed by atoms with van der Waals surface area (Å²) in [5.74, 6) is 0.514. The lowest BCUT2D eigenvalue weighted by Crippen LogP contribution is -2.31. The van der Waals surface area contributed by atoms with Gasteiger partial charge in [-0.3, -0.25) is 4.79 Å². The number of rotatable bonds is 6. The van der Waals surface area contributed by atoms with Crippen LogP contribution in [0.2, 0.25) is 0 Å². The number of ether oxygens (including phenoxy) is 1. The van der Waals surface area contributed by atoms with E-state index in [4.69, 9.17) is 4.74 Å². The zero-order chi connectivity index (χ0) is 19.3. The molecule has 0 spiro atoms. The lowest BCUT2D eigenvalue weighted by molar-refractivity contribution is -0.123. The van der Waals surface area contributed by atoms with Gasteiger partial charge in [0.2, 0.25) is 0 Å². The van der Waals surface area contributed by atoms with Gasteiger partial charge in [0.15, 0.2) is 6.61 Å². The molecule has 4 aromatic rings. The maximum absolute atomic E-state index is 12.3. The van der Waals surface area contributed by atoms with Crippen LogP contribution in [0, 0.1) is 0 Å². The van der Waals surface area contributed by atoms with Gasteiger partial charge in [-0.15, -0.1) is 0 Å². The highest BCUT2D eigenvalue weighted by molar-refractivity contribution is 5.84. The smallest absolute Gasteiger partial charge is 0.258 e. The van der Waals surface area contributed by atoms with E-state index >= 15 is 0 Å². The van der Waals surface area contributed by atoms with Gasteiger partial charge in [-0.25, -0.2) is 9.67 Å². The molecule has 0 saturated carbocycles. The van der Waals surface area contributed by atoms with Gasteiger partial charge in [0.05, 0.1) is 11.7 Å². The molecule has 1 N–H and O–H groups in total. The molecule has 0 saturated heterocycles. The van der Waals surface area contributed by atoms with E-state index in [1.807, 2.05) is 73.7 Å². The van der Waals surface area contributed by atoms with Crippen LogP contribution in [-0.4, -0.2) is 27.3 Å². The summed E-state index contributed by atoms with van der Waals surface area (Å²) in [6.45, 7) is 1.91. The molecule has 6 nitrogen and oxygen atoms in total. The van der Waals surface area contributed by atoms with Crippen molar-refractivity contribution in [3.63, 3.8) is 0 Å². The van der Waals surface area contributed by atoms with Crippen LogP contribution in [0.1, 0.15) is 18.5 Å². The van der Waals surface area contributed by atoms with Crippen LogP contribution in [0.4, 0.5) is 0 Å². The first-order valence-electron chi connectivity index (χ1n) is 9.05. The van der Waals surface area contributed by atoms with Gasteiger partial charge < -0.3 is 10.1 Å². The molecule has 0 fully saturated rings. The third-order valence-corrected chi connectivity index (χ3v) is 4.54. The lowest BCUT2D eigenvalue weighted by Gasteiger charge is -2.15. The van der Waals surface area contributed by atoms with Crippen molar-refractivity contribution in [2.75, 3.05) is 6.61 Å². The molecule has 3 aromatic carbocycles. The molecule has 0 bridgehead atoms. The van der Waals surface area contributed by atoms with Crippen molar-refractivity contribution < 1.29 is 9.53 Å². The van der Waals surface area contributed by atoms with Gasteiger partial charge in [0, 0.05) is 0 Å². The number of amides is 1. The number of benzene rings is 3. The SMILES string of the molecule is C[C@@H](NC(=O)COc1ccc2ccccc2c1)c1ccc(-n2cncn2)cc1. The minimum absolute atomic E-state index is 0.0281. The van der Waals surface area contributed by atoms with Gasteiger partial charge in [0.1, 0.15) is 18.4 Å². The highest BCUT2D eigenvalue weighted by Crippen LogP contribution is 2.20. The van der Waals surface area contributed by atoms with E-state index in [9.17, 15) is 4.79 Å². The van der Waals surface area contributed by atoms with Crippen LogP contribution in [0.3, 0.4) is 0 Å². The fourth-order valence-electron chi connectivity index (χ4n) is 3.03. The van der Waals surface area contributed by atoms with Crippen molar-refractivity contribution in [1.29, 1.82) is 0 Å². The Kier molecular flexibility index (Phi) is 5.01. The molecule has 1 aromatic heterocycles. The molecule has 0 aliphatic rings. The first-order chi connectivity index (χ1) is 13.7. The van der Waals surface area contributed by atoms with Crippen LogP contribution in [0.25, 0.3) is 16.5 Å². The van der Waals surface area contributed by atoms with E-state index in [1.54, 1.807) is 11.0 Å². The predicted octanol–water partition coefficient (Wildman–Crippen LogP) is 3.68. The monoisotopic (exact) mass is 372 g/mol. The van der Waals surface area contributed by atoms with Crippen LogP contribution in [0.5, 0.6) is 5.75 Å². The average Bonchev–Trinajstić information content (AvgIpc) is 3.27. The van der Waals surface area contributed by atoms with E-state index in [-0.39, 0.29) is 18.6 Å². The Morgan fingerprint density at radius 3 is 2.61 bits per heavy atom. The first kappa shape index (κ1) is 17.7. The topological polar surface area (TPSA) is 69.0 Å². The Morgan fingerprint density at radius 1 is 1.07 bits per heavy atom. The summed E-state index contributed by atoms with van der Waals surface area (Å²) in [5.41, 5.74) is 1.92. The van der Waals surface area contributed by atoms with E-state index in [2.05, 4.69) is 15.4 Å². The Balaban J connectivity index is 1.33. The third-order valence-electron chi connectivity index (χ3n) is 4.54. The number of aromatic nitrogens is 3. The molecule has 1 heterocycles. The highest BCUT2D eigenvalue weighted by atomic mass is 16.5. The predicted molar refractivity (Wildman–Crippen MR) is 107 cm³/mol. The van der Waals surface area contributed by atoms with Gasteiger partial charge in [-0.1, -0.05) is 42.5 Å². The highest BCUT2D eigenvalue weighted by Gasteiger charge is 2.11. The largest absolute Gasteiger partial charge is 0.484 e. The van der Waals surface area contributed by atoms with Crippen LogP contribution >= 0.6 is 0 Å². The summed E-state index contributed by atoms with van der Waals surface area (Å²) in [6, 6.07) is 21.5. The van der Waals surface area contributed by atoms with Gasteiger partial charge in [-0.2, -0.15) is 5.10 Å². The van der Waals surface area contributed by atoms with Gasteiger partial charge in [0.25, 0.3) is 5.91 Å².